The van der Waals surface area contributed by atoms with Crippen LogP contribution >= 0.6 is 0 Å². The van der Waals surface area contributed by atoms with E-state index in [1.54, 1.807) is 0 Å². The maximum atomic E-state index is 2.83. The molecule has 0 amide bonds. The van der Waals surface area contributed by atoms with Crippen molar-refractivity contribution in [3.8, 4) is 39.2 Å². The summed E-state index contributed by atoms with van der Waals surface area (Å²) in [6.07, 6.45) is 4.82. The number of hydrogen-bond donors (Lipinski definition) is 0. The second-order valence-electron chi connectivity index (χ2n) is 22.0. The van der Waals surface area contributed by atoms with Gasteiger partial charge in [0, 0.05) is 67.3 Å². The molecule has 1 fully saturated rings. The van der Waals surface area contributed by atoms with E-state index in [-0.39, 0.29) is 34.5 Å². The molecule has 5 heterocycles. The molecule has 0 bridgehead atoms. The van der Waals surface area contributed by atoms with Gasteiger partial charge in [0.1, 0.15) is 0 Å². The average molecular weight is 844 g/mol. The van der Waals surface area contributed by atoms with Gasteiger partial charge >= 0.3 is 0 Å². The highest BCUT2D eigenvalue weighted by atomic mass is 15.3. The zero-order chi connectivity index (χ0) is 44.4. The van der Waals surface area contributed by atoms with Gasteiger partial charge in [-0.2, -0.15) is 0 Å². The molecule has 8 aromatic rings. The summed E-state index contributed by atoms with van der Waals surface area (Å²) < 4.78 is 2.71. The molecule has 3 nitrogen and oxygen atoms in total. The van der Waals surface area contributed by atoms with Crippen molar-refractivity contribution in [2.75, 3.05) is 9.80 Å². The normalized spacial score (nSPS) is 21.9. The van der Waals surface area contributed by atoms with Gasteiger partial charge in [-0.25, -0.2) is 0 Å². The molecule has 0 radical (unpaired) electrons. The lowest BCUT2D eigenvalue weighted by Crippen LogP contribution is -2.61. The topological polar surface area (TPSA) is 11.4 Å². The van der Waals surface area contributed by atoms with E-state index >= 15 is 0 Å². The first-order chi connectivity index (χ1) is 31.3. The fraction of sp³-hybridized carbons (Fsp3) is 0.279. The third-order valence-corrected chi connectivity index (χ3v) is 17.5. The molecule has 3 atom stereocenters. The molecule has 4 aliphatic heterocycles. The summed E-state index contributed by atoms with van der Waals surface area (Å²) in [5, 5.41) is 1.32. The quantitative estimate of drug-likeness (QED) is 0.164. The monoisotopic (exact) mass is 843 g/mol. The predicted molar refractivity (Wildman–Crippen MR) is 277 cm³/mol. The fourth-order valence-corrected chi connectivity index (χ4v) is 13.9. The van der Waals surface area contributed by atoms with Gasteiger partial charge in [0.05, 0.1) is 11.2 Å². The van der Waals surface area contributed by atoms with Gasteiger partial charge in [-0.1, -0.05) is 188 Å². The molecule has 0 saturated heterocycles. The smallest absolute Gasteiger partial charge is 0.252 e. The molecule has 5 aliphatic rings. The molecule has 4 heteroatoms. The Morgan fingerprint density at radius 2 is 1.25 bits per heavy atom. The lowest BCUT2D eigenvalue weighted by Gasteiger charge is -2.50. The highest BCUT2D eigenvalue weighted by molar-refractivity contribution is 7.00. The molecule has 3 unspecified atom stereocenters. The Kier molecular flexibility index (Phi) is 7.94. The predicted octanol–water partition coefficient (Wildman–Crippen LogP) is 13.6. The molecule has 1 saturated carbocycles. The van der Waals surface area contributed by atoms with Crippen LogP contribution in [-0.4, -0.2) is 22.9 Å². The summed E-state index contributed by atoms with van der Waals surface area (Å²) in [5.74, 6) is 0. The Bertz CT molecular complexity index is 3280. The summed E-state index contributed by atoms with van der Waals surface area (Å²) in [4.78, 5) is 5.66. The van der Waals surface area contributed by atoms with Gasteiger partial charge in [0.15, 0.2) is 0 Å². The van der Waals surface area contributed by atoms with E-state index in [1.165, 1.54) is 125 Å². The van der Waals surface area contributed by atoms with E-state index in [0.717, 1.165) is 6.42 Å². The lowest BCUT2D eigenvalue weighted by atomic mass is 9.33. The summed E-state index contributed by atoms with van der Waals surface area (Å²) in [7, 11) is 0. The average Bonchev–Trinajstić information content (AvgIpc) is 3.85. The number of aromatic nitrogens is 1. The lowest BCUT2D eigenvalue weighted by molar-refractivity contribution is 0.195. The van der Waals surface area contributed by atoms with Crippen molar-refractivity contribution in [2.45, 2.75) is 109 Å². The van der Waals surface area contributed by atoms with Gasteiger partial charge in [-0.15, -0.1) is 0 Å². The fourth-order valence-electron chi connectivity index (χ4n) is 13.9. The first kappa shape index (κ1) is 39.1. The number of anilines is 4. The SMILES string of the molecule is CC1N2c3cc4c(cc3B3c5c(cc(C(C)(C)C)c(c52)C1(C)C)-n1c(-c2ccccc2)c(-c2ccccc2)c2cccc3c21)C1(C)CCCCC1(C)N4c1ccccc1-c1ccccc1. The third kappa shape index (κ3) is 4.93. The second kappa shape index (κ2) is 13.2. The van der Waals surface area contributed by atoms with Crippen LogP contribution in [0.2, 0.25) is 0 Å². The van der Waals surface area contributed by atoms with Crippen LogP contribution < -0.4 is 26.2 Å². The van der Waals surface area contributed by atoms with E-state index in [0.29, 0.717) is 0 Å². The molecule has 1 aliphatic carbocycles. The largest absolute Gasteiger partial charge is 0.338 e. The summed E-state index contributed by atoms with van der Waals surface area (Å²) in [5.41, 5.74) is 24.4. The molecular weight excluding hydrogens is 786 g/mol. The number of fused-ring (bicyclic) bond motifs is 8. The van der Waals surface area contributed by atoms with Crippen molar-refractivity contribution >= 4 is 56.8 Å². The third-order valence-electron chi connectivity index (χ3n) is 17.5. The molecule has 7 aromatic carbocycles. The van der Waals surface area contributed by atoms with Crippen LogP contribution in [0.15, 0.2) is 152 Å². The van der Waals surface area contributed by atoms with Crippen LogP contribution in [0.25, 0.3) is 50.1 Å². The van der Waals surface area contributed by atoms with Crippen LogP contribution in [0.4, 0.5) is 22.7 Å². The molecule has 0 spiro atoms. The number of hydrogen-bond acceptors (Lipinski definition) is 2. The van der Waals surface area contributed by atoms with E-state index in [4.69, 9.17) is 0 Å². The van der Waals surface area contributed by atoms with Crippen LogP contribution in [0.5, 0.6) is 0 Å². The number of nitrogens with zero attached hydrogens (tertiary/aromatic N) is 3. The molecule has 320 valence electrons. The Labute approximate surface area is 385 Å². The molecule has 13 rings (SSSR count). The Morgan fingerprint density at radius 1 is 0.600 bits per heavy atom. The van der Waals surface area contributed by atoms with E-state index < -0.39 is 0 Å². The first-order valence-electron chi connectivity index (χ1n) is 24.3. The van der Waals surface area contributed by atoms with Crippen molar-refractivity contribution in [3.63, 3.8) is 0 Å². The number of para-hydroxylation sites is 2. The van der Waals surface area contributed by atoms with Crippen LogP contribution in [0.3, 0.4) is 0 Å². The molecule has 0 N–H and O–H groups in total. The molecular formula is C61H58BN3. The van der Waals surface area contributed by atoms with Crippen molar-refractivity contribution < 1.29 is 0 Å². The highest BCUT2D eigenvalue weighted by Crippen LogP contribution is 2.63. The van der Waals surface area contributed by atoms with Gasteiger partial charge in [0.2, 0.25) is 0 Å². The zero-order valence-corrected chi connectivity index (χ0v) is 39.3. The van der Waals surface area contributed by atoms with Crippen molar-refractivity contribution in [2.24, 2.45) is 0 Å². The van der Waals surface area contributed by atoms with Crippen molar-refractivity contribution in [1.82, 2.24) is 4.57 Å². The van der Waals surface area contributed by atoms with Crippen molar-refractivity contribution in [1.29, 1.82) is 0 Å². The maximum absolute atomic E-state index is 2.83. The van der Waals surface area contributed by atoms with E-state index in [9.17, 15) is 0 Å². The highest BCUT2D eigenvalue weighted by Gasteiger charge is 2.60. The van der Waals surface area contributed by atoms with Crippen LogP contribution in [0.1, 0.15) is 97.8 Å². The van der Waals surface area contributed by atoms with Gasteiger partial charge in [0.25, 0.3) is 6.71 Å². The zero-order valence-electron chi connectivity index (χ0n) is 39.3. The number of benzene rings is 7. The standard InChI is InChI=1S/C61H58BN3/c1-38-59(5,6)53-45(58(2,3)4)36-51-54-57(53)63(38)50-37-49-44(60(7)33-20-21-34-61(60,8)65(49)48-32-19-18-29-42(48)39-23-12-9-13-24-39)35-47(50)62(54)46-31-22-30-43-52(40-25-14-10-15-26-40)55(64(51)56(43)46)41-27-16-11-17-28-41/h9-19,22-32,35-38H,20-21,33-34H2,1-8H3. The maximum Gasteiger partial charge on any atom is 0.252 e. The molecule has 65 heavy (non-hydrogen) atoms. The Balaban J connectivity index is 1.18. The van der Waals surface area contributed by atoms with Gasteiger partial charge in [-0.05, 0) is 100 Å². The Hall–Kier alpha value is -6.26. The van der Waals surface area contributed by atoms with E-state index in [1.807, 2.05) is 0 Å². The minimum Gasteiger partial charge on any atom is -0.338 e. The first-order valence-corrected chi connectivity index (χ1v) is 24.3. The minimum atomic E-state index is -0.107. The van der Waals surface area contributed by atoms with E-state index in [2.05, 4.69) is 221 Å². The van der Waals surface area contributed by atoms with Gasteiger partial charge < -0.3 is 14.4 Å². The minimum absolute atomic E-state index is 0.0402. The molecule has 1 aromatic heterocycles. The van der Waals surface area contributed by atoms with Crippen molar-refractivity contribution in [3.05, 3.63) is 168 Å². The van der Waals surface area contributed by atoms with Gasteiger partial charge in [-0.3, -0.25) is 0 Å². The second-order valence-corrected chi connectivity index (χ2v) is 22.0. The summed E-state index contributed by atoms with van der Waals surface area (Å²) in [6, 6.07) is 58.2. The van der Waals surface area contributed by atoms with Crippen LogP contribution in [0, 0.1) is 0 Å². The van der Waals surface area contributed by atoms with Crippen LogP contribution in [-0.2, 0) is 16.2 Å². The number of rotatable bonds is 4. The summed E-state index contributed by atoms with van der Waals surface area (Å²) in [6.45, 7) is 20.2. The Morgan fingerprint density at radius 3 is 1.95 bits per heavy atom. The summed E-state index contributed by atoms with van der Waals surface area (Å²) >= 11 is 0.